The Morgan fingerprint density at radius 3 is 2.55 bits per heavy atom. The van der Waals surface area contributed by atoms with E-state index in [0.717, 1.165) is 30.0 Å². The lowest BCUT2D eigenvalue weighted by atomic mass is 10.1. The Morgan fingerprint density at radius 2 is 1.87 bits per heavy atom. The van der Waals surface area contributed by atoms with Gasteiger partial charge in [-0.05, 0) is 54.5 Å². The summed E-state index contributed by atoms with van der Waals surface area (Å²) < 4.78 is 55.5. The molecule has 162 valence electrons. The smallest absolute Gasteiger partial charge is 0.352 e. The molecule has 0 bridgehead atoms. The second-order valence-corrected chi connectivity index (χ2v) is 7.73. The molecule has 0 aliphatic heterocycles. The van der Waals surface area contributed by atoms with Gasteiger partial charge in [0.25, 0.3) is 0 Å². The standard InChI is InChI=1S/C22H19F4N3OS/c23-17-4-7-18(8-5-17)31-19-6-2-16(20(14-19)22(24,25)26)3-9-21(30)28-10-1-12-29-13-11-27-15-29/h2-9,11,13-15H,1,10,12H2,(H,28,30)/b9-3+. The average molecular weight is 449 g/mol. The predicted molar refractivity (Wildman–Crippen MR) is 111 cm³/mol. The van der Waals surface area contributed by atoms with Gasteiger partial charge in [0.2, 0.25) is 5.91 Å². The number of halogens is 4. The van der Waals surface area contributed by atoms with Crippen molar-refractivity contribution in [1.29, 1.82) is 0 Å². The molecule has 1 N–H and O–H groups in total. The first-order valence-corrected chi connectivity index (χ1v) is 10.2. The van der Waals surface area contributed by atoms with Gasteiger partial charge >= 0.3 is 6.18 Å². The van der Waals surface area contributed by atoms with Crippen LogP contribution in [0.25, 0.3) is 6.08 Å². The number of alkyl halides is 3. The summed E-state index contributed by atoms with van der Waals surface area (Å²) in [5, 5.41) is 2.65. The molecule has 0 aliphatic carbocycles. The minimum absolute atomic E-state index is 0.107. The summed E-state index contributed by atoms with van der Waals surface area (Å²) in [5.74, 6) is -0.885. The molecule has 0 fully saturated rings. The number of aryl methyl sites for hydroxylation is 1. The molecule has 3 rings (SSSR count). The van der Waals surface area contributed by atoms with Gasteiger partial charge < -0.3 is 9.88 Å². The molecule has 0 radical (unpaired) electrons. The molecular formula is C22H19F4N3OS. The quantitative estimate of drug-likeness (QED) is 0.284. The predicted octanol–water partition coefficient (Wildman–Crippen LogP) is 5.41. The molecular weight excluding hydrogens is 430 g/mol. The van der Waals surface area contributed by atoms with Crippen molar-refractivity contribution in [1.82, 2.24) is 14.9 Å². The normalized spacial score (nSPS) is 11.7. The summed E-state index contributed by atoms with van der Waals surface area (Å²) in [7, 11) is 0. The van der Waals surface area contributed by atoms with E-state index >= 15 is 0 Å². The minimum Gasteiger partial charge on any atom is -0.352 e. The lowest BCUT2D eigenvalue weighted by molar-refractivity contribution is -0.137. The first-order valence-electron chi connectivity index (χ1n) is 9.37. The Kier molecular flexibility index (Phi) is 7.51. The third kappa shape index (κ3) is 6.99. The van der Waals surface area contributed by atoms with E-state index in [2.05, 4.69) is 10.3 Å². The Hall–Kier alpha value is -3.07. The van der Waals surface area contributed by atoms with Crippen LogP contribution in [0.4, 0.5) is 17.6 Å². The van der Waals surface area contributed by atoms with Crippen LogP contribution in [0, 0.1) is 5.82 Å². The van der Waals surface area contributed by atoms with E-state index in [0.29, 0.717) is 29.3 Å². The number of hydrogen-bond acceptors (Lipinski definition) is 3. The summed E-state index contributed by atoms with van der Waals surface area (Å²) in [6, 6.07) is 9.37. The zero-order valence-electron chi connectivity index (χ0n) is 16.3. The maximum Gasteiger partial charge on any atom is 0.417 e. The van der Waals surface area contributed by atoms with Crippen LogP contribution in [0.3, 0.4) is 0 Å². The van der Waals surface area contributed by atoms with Crippen molar-refractivity contribution in [3.8, 4) is 0 Å². The molecule has 0 saturated heterocycles. The van der Waals surface area contributed by atoms with E-state index in [4.69, 9.17) is 0 Å². The zero-order valence-corrected chi connectivity index (χ0v) is 17.1. The summed E-state index contributed by atoms with van der Waals surface area (Å²) >= 11 is 1.10. The van der Waals surface area contributed by atoms with Crippen LogP contribution in [0.2, 0.25) is 0 Å². The number of carbonyl (C=O) groups is 1. The van der Waals surface area contributed by atoms with Crippen LogP contribution in [-0.2, 0) is 17.5 Å². The van der Waals surface area contributed by atoms with E-state index < -0.39 is 23.5 Å². The number of nitrogens with one attached hydrogen (secondary N) is 1. The first kappa shape index (κ1) is 22.6. The number of rotatable bonds is 8. The summed E-state index contributed by atoms with van der Waals surface area (Å²) in [6.45, 7) is 1.07. The number of carbonyl (C=O) groups excluding carboxylic acids is 1. The summed E-state index contributed by atoms with van der Waals surface area (Å²) in [5.41, 5.74) is -0.951. The van der Waals surface area contributed by atoms with Gasteiger partial charge in [-0.3, -0.25) is 4.79 Å². The molecule has 0 aliphatic rings. The van der Waals surface area contributed by atoms with E-state index in [1.165, 1.54) is 36.4 Å². The lowest BCUT2D eigenvalue weighted by Gasteiger charge is -2.12. The van der Waals surface area contributed by atoms with Gasteiger partial charge in [0, 0.05) is 41.4 Å². The Labute approximate surface area is 181 Å². The van der Waals surface area contributed by atoms with Gasteiger partial charge in [0.1, 0.15) is 5.82 Å². The Morgan fingerprint density at radius 1 is 1.13 bits per heavy atom. The Balaban J connectivity index is 1.63. The molecule has 2 aromatic carbocycles. The molecule has 1 aromatic heterocycles. The fraction of sp³-hybridized carbons (Fsp3) is 0.182. The van der Waals surface area contributed by atoms with Crippen molar-refractivity contribution >= 4 is 23.7 Å². The number of nitrogens with zero attached hydrogens (tertiary/aromatic N) is 2. The van der Waals surface area contributed by atoms with Crippen LogP contribution in [0.15, 0.2) is 77.1 Å². The zero-order chi connectivity index (χ0) is 22.3. The molecule has 0 saturated carbocycles. The average Bonchev–Trinajstić information content (AvgIpc) is 3.25. The third-order valence-corrected chi connectivity index (χ3v) is 5.24. The van der Waals surface area contributed by atoms with Crippen molar-refractivity contribution in [2.24, 2.45) is 0 Å². The first-order chi connectivity index (χ1) is 14.8. The number of imidazole rings is 1. The summed E-state index contributed by atoms with van der Waals surface area (Å²) in [6.07, 6.45) is 3.45. The minimum atomic E-state index is -4.58. The van der Waals surface area contributed by atoms with Crippen molar-refractivity contribution in [3.63, 3.8) is 0 Å². The van der Waals surface area contributed by atoms with Gasteiger partial charge in [-0.1, -0.05) is 17.8 Å². The maximum atomic E-state index is 13.5. The van der Waals surface area contributed by atoms with Crippen LogP contribution in [-0.4, -0.2) is 22.0 Å². The van der Waals surface area contributed by atoms with Gasteiger partial charge in [-0.25, -0.2) is 9.37 Å². The van der Waals surface area contributed by atoms with Gasteiger partial charge in [-0.15, -0.1) is 0 Å². The lowest BCUT2D eigenvalue weighted by Crippen LogP contribution is -2.23. The van der Waals surface area contributed by atoms with Gasteiger partial charge in [0.15, 0.2) is 0 Å². The van der Waals surface area contributed by atoms with E-state index in [1.807, 2.05) is 4.57 Å². The van der Waals surface area contributed by atoms with Crippen LogP contribution in [0.5, 0.6) is 0 Å². The number of aromatic nitrogens is 2. The van der Waals surface area contributed by atoms with Crippen LogP contribution < -0.4 is 5.32 Å². The highest BCUT2D eigenvalue weighted by atomic mass is 32.2. The van der Waals surface area contributed by atoms with Crippen molar-refractivity contribution < 1.29 is 22.4 Å². The van der Waals surface area contributed by atoms with Crippen molar-refractivity contribution in [2.45, 2.75) is 28.9 Å². The highest BCUT2D eigenvalue weighted by Gasteiger charge is 2.33. The molecule has 31 heavy (non-hydrogen) atoms. The monoisotopic (exact) mass is 449 g/mol. The fourth-order valence-electron chi connectivity index (χ4n) is 2.75. The SMILES string of the molecule is O=C(/C=C/c1ccc(Sc2ccc(F)cc2)cc1C(F)(F)F)NCCCn1ccnc1. The number of amides is 1. The van der Waals surface area contributed by atoms with Gasteiger partial charge in [0.05, 0.1) is 11.9 Å². The third-order valence-electron chi connectivity index (χ3n) is 4.25. The number of hydrogen-bond donors (Lipinski definition) is 1. The molecule has 9 heteroatoms. The molecule has 0 atom stereocenters. The number of benzene rings is 2. The topological polar surface area (TPSA) is 46.9 Å². The van der Waals surface area contributed by atoms with Crippen LogP contribution >= 0.6 is 11.8 Å². The molecule has 3 aromatic rings. The van der Waals surface area contributed by atoms with Crippen molar-refractivity contribution in [2.75, 3.05) is 6.54 Å². The van der Waals surface area contributed by atoms with E-state index in [1.54, 1.807) is 18.7 Å². The second-order valence-electron chi connectivity index (χ2n) is 6.58. The van der Waals surface area contributed by atoms with E-state index in [9.17, 15) is 22.4 Å². The van der Waals surface area contributed by atoms with E-state index in [-0.39, 0.29) is 5.56 Å². The van der Waals surface area contributed by atoms with Crippen molar-refractivity contribution in [3.05, 3.63) is 84.2 Å². The molecule has 1 amide bonds. The van der Waals surface area contributed by atoms with Crippen LogP contribution in [0.1, 0.15) is 17.5 Å². The van der Waals surface area contributed by atoms with Gasteiger partial charge in [-0.2, -0.15) is 13.2 Å². The Bertz CT molecular complexity index is 1030. The largest absolute Gasteiger partial charge is 0.417 e. The highest BCUT2D eigenvalue weighted by molar-refractivity contribution is 7.99. The second kappa shape index (κ2) is 10.3. The molecule has 4 nitrogen and oxygen atoms in total. The fourth-order valence-corrected chi connectivity index (χ4v) is 3.60. The molecule has 0 spiro atoms. The maximum absolute atomic E-state index is 13.5. The molecule has 0 unspecified atom stereocenters. The highest BCUT2D eigenvalue weighted by Crippen LogP contribution is 2.37. The molecule has 1 heterocycles. The summed E-state index contributed by atoms with van der Waals surface area (Å²) in [4.78, 5) is 16.8.